The van der Waals surface area contributed by atoms with Crippen molar-refractivity contribution in [3.63, 3.8) is 0 Å². The molecule has 2 N–H and O–H groups in total. The van der Waals surface area contributed by atoms with E-state index >= 15 is 0 Å². The molecule has 0 unspecified atom stereocenters. The van der Waals surface area contributed by atoms with Gasteiger partial charge in [0.25, 0.3) is 0 Å². The van der Waals surface area contributed by atoms with Crippen LogP contribution >= 0.6 is 22.7 Å². The van der Waals surface area contributed by atoms with Gasteiger partial charge in [-0.25, -0.2) is 4.98 Å². The van der Waals surface area contributed by atoms with E-state index in [-0.39, 0.29) is 11.8 Å². The fourth-order valence-electron chi connectivity index (χ4n) is 5.74. The van der Waals surface area contributed by atoms with Crippen molar-refractivity contribution in [3.8, 4) is 0 Å². The molecule has 28 heavy (non-hydrogen) atoms. The van der Waals surface area contributed by atoms with Crippen LogP contribution in [0.2, 0.25) is 0 Å². The van der Waals surface area contributed by atoms with E-state index in [1.807, 2.05) is 22.9 Å². The normalized spacial score (nSPS) is 30.4. The van der Waals surface area contributed by atoms with E-state index in [4.69, 9.17) is 0 Å². The first-order chi connectivity index (χ1) is 13.6. The molecule has 4 bridgehead atoms. The summed E-state index contributed by atoms with van der Waals surface area (Å²) in [5.41, 5.74) is 0.734. The number of thiophene rings is 1. The first-order valence-corrected chi connectivity index (χ1v) is 11.9. The van der Waals surface area contributed by atoms with Gasteiger partial charge in [0.15, 0.2) is 5.13 Å². The zero-order valence-electron chi connectivity index (χ0n) is 15.7. The summed E-state index contributed by atoms with van der Waals surface area (Å²) < 4.78 is 0. The summed E-state index contributed by atoms with van der Waals surface area (Å²) in [4.78, 5) is 30.2. The van der Waals surface area contributed by atoms with E-state index in [1.165, 1.54) is 43.4 Å². The minimum atomic E-state index is -0.0682. The monoisotopic (exact) mass is 415 g/mol. The van der Waals surface area contributed by atoms with Crippen molar-refractivity contribution in [1.82, 2.24) is 10.3 Å². The Balaban J connectivity index is 1.14. The Kier molecular flexibility index (Phi) is 4.97. The van der Waals surface area contributed by atoms with E-state index in [1.54, 1.807) is 11.3 Å². The maximum Gasteiger partial charge on any atom is 0.231 e. The van der Waals surface area contributed by atoms with E-state index in [2.05, 4.69) is 15.6 Å². The highest BCUT2D eigenvalue weighted by Crippen LogP contribution is 2.53. The topological polar surface area (TPSA) is 71.1 Å². The number of amides is 2. The smallest absolute Gasteiger partial charge is 0.231 e. The Labute approximate surface area is 173 Å². The summed E-state index contributed by atoms with van der Waals surface area (Å²) in [5.74, 6) is 3.19. The second-order valence-corrected chi connectivity index (χ2v) is 10.5. The van der Waals surface area contributed by atoms with Crippen molar-refractivity contribution in [3.05, 3.63) is 33.5 Å². The van der Waals surface area contributed by atoms with Gasteiger partial charge in [0.05, 0.1) is 18.5 Å². The van der Waals surface area contributed by atoms with Crippen LogP contribution in [0.25, 0.3) is 0 Å². The quantitative estimate of drug-likeness (QED) is 0.752. The minimum Gasteiger partial charge on any atom is -0.352 e. The zero-order valence-corrected chi connectivity index (χ0v) is 17.4. The van der Waals surface area contributed by atoms with Crippen LogP contribution in [0.3, 0.4) is 0 Å². The summed E-state index contributed by atoms with van der Waals surface area (Å²) >= 11 is 2.95. The number of rotatable bonds is 6. The van der Waals surface area contributed by atoms with Crippen molar-refractivity contribution in [2.45, 2.75) is 51.0 Å². The molecule has 2 heterocycles. The maximum atomic E-state index is 12.6. The summed E-state index contributed by atoms with van der Waals surface area (Å²) in [6, 6.07) is 4.26. The van der Waals surface area contributed by atoms with Gasteiger partial charge in [-0.15, -0.1) is 22.7 Å². The highest BCUT2D eigenvalue weighted by atomic mass is 32.1. The lowest BCUT2D eigenvalue weighted by Gasteiger charge is -2.54. The van der Waals surface area contributed by atoms with Gasteiger partial charge in [0.1, 0.15) is 0 Å². The van der Waals surface area contributed by atoms with Crippen molar-refractivity contribution in [1.29, 1.82) is 0 Å². The average molecular weight is 416 g/mol. The molecule has 0 saturated heterocycles. The molecule has 4 aliphatic rings. The van der Waals surface area contributed by atoms with Crippen LogP contribution in [0.15, 0.2) is 22.9 Å². The number of anilines is 1. The van der Waals surface area contributed by atoms with Gasteiger partial charge in [-0.3, -0.25) is 9.59 Å². The molecule has 2 amide bonds. The van der Waals surface area contributed by atoms with E-state index in [0.29, 0.717) is 35.9 Å². The first kappa shape index (κ1) is 18.3. The van der Waals surface area contributed by atoms with E-state index in [0.717, 1.165) is 22.4 Å². The van der Waals surface area contributed by atoms with Gasteiger partial charge in [-0.1, -0.05) is 6.07 Å². The predicted molar refractivity (Wildman–Crippen MR) is 111 cm³/mol. The van der Waals surface area contributed by atoms with Crippen LogP contribution in [-0.2, 0) is 22.4 Å². The lowest BCUT2D eigenvalue weighted by Crippen LogP contribution is -2.56. The lowest BCUT2D eigenvalue weighted by atomic mass is 9.54. The minimum absolute atomic E-state index is 0.0682. The maximum absolute atomic E-state index is 12.6. The molecule has 2 aromatic rings. The number of carbonyl (C=O) groups is 2. The average Bonchev–Trinajstić information content (AvgIpc) is 3.29. The molecule has 7 heteroatoms. The SMILES string of the molecule is O=C(Cc1cccs1)Nc1nc(CC(=O)NC2C3CC4CC(C3)CC2C4)cs1. The predicted octanol–water partition coefficient (Wildman–Crippen LogP) is 3.87. The molecule has 148 valence electrons. The number of hydrogen-bond acceptors (Lipinski definition) is 5. The van der Waals surface area contributed by atoms with Crippen LogP contribution in [-0.4, -0.2) is 22.8 Å². The largest absolute Gasteiger partial charge is 0.352 e. The number of hydrogen-bond donors (Lipinski definition) is 2. The summed E-state index contributed by atoms with van der Waals surface area (Å²) in [7, 11) is 0. The standard InChI is InChI=1S/C21H25N3O2S2/c25-18(23-20-14-5-12-4-13(7-14)8-15(20)6-12)9-16-11-28-21(22-16)24-19(26)10-17-2-1-3-27-17/h1-3,11-15,20H,4-10H2,(H,23,25)(H,22,24,26). The number of nitrogens with one attached hydrogen (secondary N) is 2. The Morgan fingerprint density at radius 1 is 1.00 bits per heavy atom. The van der Waals surface area contributed by atoms with Gasteiger partial charge < -0.3 is 10.6 Å². The van der Waals surface area contributed by atoms with Gasteiger partial charge in [0.2, 0.25) is 11.8 Å². The molecule has 0 radical (unpaired) electrons. The molecular formula is C21H25N3O2S2. The van der Waals surface area contributed by atoms with Gasteiger partial charge in [0, 0.05) is 16.3 Å². The van der Waals surface area contributed by atoms with Crippen molar-refractivity contribution < 1.29 is 9.59 Å². The molecule has 0 aliphatic heterocycles. The molecule has 0 atom stereocenters. The fourth-order valence-corrected chi connectivity index (χ4v) is 7.17. The second-order valence-electron chi connectivity index (χ2n) is 8.65. The molecule has 0 aromatic carbocycles. The summed E-state index contributed by atoms with van der Waals surface area (Å²) in [5, 5.41) is 10.6. The third-order valence-electron chi connectivity index (χ3n) is 6.61. The molecular weight excluding hydrogens is 390 g/mol. The van der Waals surface area contributed by atoms with E-state index in [9.17, 15) is 9.59 Å². The number of thiazole rings is 1. The van der Waals surface area contributed by atoms with Crippen molar-refractivity contribution in [2.24, 2.45) is 23.7 Å². The Morgan fingerprint density at radius 3 is 2.43 bits per heavy atom. The van der Waals surface area contributed by atoms with Crippen LogP contribution in [0.4, 0.5) is 5.13 Å². The first-order valence-electron chi connectivity index (χ1n) is 10.2. The van der Waals surface area contributed by atoms with Crippen LogP contribution in [0.5, 0.6) is 0 Å². The molecule has 0 spiro atoms. The highest BCUT2D eigenvalue weighted by Gasteiger charge is 2.48. The summed E-state index contributed by atoms with van der Waals surface area (Å²) in [6.07, 6.45) is 7.28. The molecule has 4 fully saturated rings. The van der Waals surface area contributed by atoms with Crippen molar-refractivity contribution in [2.75, 3.05) is 5.32 Å². The third kappa shape index (κ3) is 3.87. The number of carbonyl (C=O) groups excluding carboxylic acids is 2. The molecule has 2 aromatic heterocycles. The van der Waals surface area contributed by atoms with Crippen LogP contribution < -0.4 is 10.6 Å². The van der Waals surface area contributed by atoms with Gasteiger partial charge in [-0.2, -0.15) is 0 Å². The summed E-state index contributed by atoms with van der Waals surface area (Å²) in [6.45, 7) is 0. The van der Waals surface area contributed by atoms with Crippen LogP contribution in [0.1, 0.15) is 42.7 Å². The van der Waals surface area contributed by atoms with E-state index < -0.39 is 0 Å². The van der Waals surface area contributed by atoms with Crippen LogP contribution in [0, 0.1) is 23.7 Å². The molecule has 4 aliphatic carbocycles. The van der Waals surface area contributed by atoms with Crippen molar-refractivity contribution >= 4 is 39.6 Å². The fraction of sp³-hybridized carbons (Fsp3) is 0.571. The third-order valence-corrected chi connectivity index (χ3v) is 8.29. The Morgan fingerprint density at radius 2 is 1.75 bits per heavy atom. The molecule has 6 rings (SSSR count). The Hall–Kier alpha value is -1.73. The van der Waals surface area contributed by atoms with Gasteiger partial charge in [-0.05, 0) is 67.2 Å². The second kappa shape index (κ2) is 7.59. The number of aromatic nitrogens is 1. The lowest BCUT2D eigenvalue weighted by molar-refractivity contribution is -0.124. The Bertz CT molecular complexity index is 833. The molecule has 5 nitrogen and oxygen atoms in total. The number of nitrogens with zero attached hydrogens (tertiary/aromatic N) is 1. The zero-order chi connectivity index (χ0) is 19.1. The van der Waals surface area contributed by atoms with Gasteiger partial charge >= 0.3 is 0 Å². The highest BCUT2D eigenvalue weighted by molar-refractivity contribution is 7.14. The molecule has 4 saturated carbocycles.